The predicted octanol–water partition coefficient (Wildman–Crippen LogP) is 5.15. The number of ether oxygens (including phenoxy) is 1. The Bertz CT molecular complexity index is 792. The topological polar surface area (TPSA) is 35.0 Å². The molecular weight excluding hydrogens is 340 g/mol. The monoisotopic (exact) mass is 348 g/mol. The van der Waals surface area contributed by atoms with E-state index in [-0.39, 0.29) is 0 Å². The van der Waals surface area contributed by atoms with E-state index in [0.29, 0.717) is 10.8 Å². The number of rotatable bonds is 2. The highest BCUT2D eigenvalue weighted by Crippen LogP contribution is 2.31. The second kappa shape index (κ2) is 5.38. The van der Waals surface area contributed by atoms with Crippen molar-refractivity contribution in [3.63, 3.8) is 0 Å². The summed E-state index contributed by atoms with van der Waals surface area (Å²) in [5.74, 6) is 1.43. The number of hydrogen-bond acceptors (Lipinski definition) is 3. The minimum atomic E-state index is 0.674. The number of halogens is 2. The number of aryl methyl sites for hydroxylation is 1. The van der Waals surface area contributed by atoms with E-state index in [4.69, 9.17) is 16.3 Å². The van der Waals surface area contributed by atoms with Gasteiger partial charge < -0.3 is 4.74 Å². The van der Waals surface area contributed by atoms with Crippen LogP contribution in [0.25, 0.3) is 11.0 Å². The van der Waals surface area contributed by atoms with Crippen molar-refractivity contribution in [2.24, 2.45) is 0 Å². The molecule has 0 aliphatic rings. The van der Waals surface area contributed by atoms with Crippen LogP contribution in [-0.4, -0.2) is 9.97 Å². The molecule has 100 valence electrons. The summed E-state index contributed by atoms with van der Waals surface area (Å²) in [7, 11) is 0. The van der Waals surface area contributed by atoms with Gasteiger partial charge >= 0.3 is 0 Å². The van der Waals surface area contributed by atoms with Crippen molar-refractivity contribution in [3.05, 3.63) is 57.8 Å². The van der Waals surface area contributed by atoms with Gasteiger partial charge in [0.1, 0.15) is 11.3 Å². The summed E-state index contributed by atoms with van der Waals surface area (Å²) in [5, 5.41) is 0.691. The van der Waals surface area contributed by atoms with E-state index in [2.05, 4.69) is 25.9 Å². The molecule has 3 nitrogen and oxygen atoms in total. The van der Waals surface area contributed by atoms with Gasteiger partial charge in [-0.1, -0.05) is 11.6 Å². The van der Waals surface area contributed by atoms with Crippen LogP contribution in [0.1, 0.15) is 5.56 Å². The maximum Gasteiger partial charge on any atom is 0.156 e. The number of pyridine rings is 2. The highest BCUT2D eigenvalue weighted by molar-refractivity contribution is 9.10. The maximum absolute atomic E-state index is 5.95. The van der Waals surface area contributed by atoms with Crippen molar-refractivity contribution in [1.29, 1.82) is 0 Å². The van der Waals surface area contributed by atoms with Crippen LogP contribution in [0, 0.1) is 6.92 Å². The number of fused-ring (bicyclic) bond motifs is 1. The molecule has 0 bridgehead atoms. The van der Waals surface area contributed by atoms with Crippen LogP contribution in [0.5, 0.6) is 11.5 Å². The lowest BCUT2D eigenvalue weighted by Gasteiger charge is -2.10. The maximum atomic E-state index is 5.95. The van der Waals surface area contributed by atoms with Crippen LogP contribution in [0.3, 0.4) is 0 Å². The molecule has 0 aliphatic carbocycles. The molecule has 0 aliphatic heterocycles. The minimum Gasteiger partial charge on any atom is -0.455 e. The lowest BCUT2D eigenvalue weighted by molar-refractivity contribution is 0.483. The Balaban J connectivity index is 2.06. The third-order valence-electron chi connectivity index (χ3n) is 2.86. The predicted molar refractivity (Wildman–Crippen MR) is 83.5 cm³/mol. The van der Waals surface area contributed by atoms with Gasteiger partial charge in [-0.25, -0.2) is 4.98 Å². The van der Waals surface area contributed by atoms with E-state index in [1.54, 1.807) is 24.5 Å². The number of aromatic nitrogens is 2. The average Bonchev–Trinajstić information content (AvgIpc) is 2.41. The highest BCUT2D eigenvalue weighted by atomic mass is 79.9. The molecule has 0 amide bonds. The Hall–Kier alpha value is -1.65. The molecule has 0 fully saturated rings. The van der Waals surface area contributed by atoms with Gasteiger partial charge in [-0.2, -0.15) is 0 Å². The second-order valence-corrected chi connectivity index (χ2v) is 5.69. The number of nitrogens with zero attached hydrogens (tertiary/aromatic N) is 2. The molecule has 0 unspecified atom stereocenters. The fraction of sp³-hybridized carbons (Fsp3) is 0.0667. The van der Waals surface area contributed by atoms with Crippen molar-refractivity contribution in [2.75, 3.05) is 0 Å². The van der Waals surface area contributed by atoms with Gasteiger partial charge in [0.15, 0.2) is 5.75 Å². The minimum absolute atomic E-state index is 0.674. The molecule has 1 aromatic carbocycles. The van der Waals surface area contributed by atoms with Crippen LogP contribution in [-0.2, 0) is 0 Å². The van der Waals surface area contributed by atoms with Crippen LogP contribution >= 0.6 is 27.5 Å². The summed E-state index contributed by atoms with van der Waals surface area (Å²) >= 11 is 9.33. The van der Waals surface area contributed by atoms with E-state index in [1.165, 1.54) is 0 Å². The van der Waals surface area contributed by atoms with Crippen LogP contribution < -0.4 is 4.74 Å². The Morgan fingerprint density at radius 3 is 2.75 bits per heavy atom. The Morgan fingerprint density at radius 1 is 1.10 bits per heavy atom. The van der Waals surface area contributed by atoms with Gasteiger partial charge in [0, 0.05) is 28.0 Å². The van der Waals surface area contributed by atoms with Crippen molar-refractivity contribution in [1.82, 2.24) is 9.97 Å². The van der Waals surface area contributed by atoms with Crippen LogP contribution in [0.15, 0.2) is 47.2 Å². The van der Waals surface area contributed by atoms with Crippen molar-refractivity contribution < 1.29 is 4.74 Å². The van der Waals surface area contributed by atoms with E-state index in [0.717, 1.165) is 26.8 Å². The van der Waals surface area contributed by atoms with Gasteiger partial charge in [-0.15, -0.1) is 0 Å². The van der Waals surface area contributed by atoms with Gasteiger partial charge in [0.05, 0.1) is 5.52 Å². The van der Waals surface area contributed by atoms with Crippen molar-refractivity contribution in [2.45, 2.75) is 6.92 Å². The van der Waals surface area contributed by atoms with Gasteiger partial charge in [-0.05, 0) is 52.7 Å². The first-order chi connectivity index (χ1) is 9.63. The summed E-state index contributed by atoms with van der Waals surface area (Å²) in [6, 6.07) is 9.23. The quantitative estimate of drug-likeness (QED) is 0.642. The van der Waals surface area contributed by atoms with E-state index in [9.17, 15) is 0 Å². The molecule has 0 N–H and O–H groups in total. The molecule has 2 heterocycles. The summed E-state index contributed by atoms with van der Waals surface area (Å²) in [4.78, 5) is 8.65. The standard InChI is InChI=1S/C15H10BrClN2O/c1-9-6-11(17)2-3-13(9)20-14-4-5-18-12-7-10(16)8-19-15(12)14/h2-8H,1H3. The van der Waals surface area contributed by atoms with Gasteiger partial charge in [0.2, 0.25) is 0 Å². The third kappa shape index (κ3) is 2.62. The summed E-state index contributed by atoms with van der Waals surface area (Å²) in [6.07, 6.45) is 3.43. The fourth-order valence-electron chi connectivity index (χ4n) is 1.91. The Labute approximate surface area is 129 Å². The SMILES string of the molecule is Cc1cc(Cl)ccc1Oc1ccnc2cc(Br)cnc12. The van der Waals surface area contributed by atoms with Gasteiger partial charge in [-0.3, -0.25) is 4.98 Å². The number of hydrogen-bond donors (Lipinski definition) is 0. The molecule has 5 heteroatoms. The zero-order valence-electron chi connectivity index (χ0n) is 10.6. The first kappa shape index (κ1) is 13.3. The summed E-state index contributed by atoms with van der Waals surface area (Å²) < 4.78 is 6.83. The smallest absolute Gasteiger partial charge is 0.156 e. The fourth-order valence-corrected chi connectivity index (χ4v) is 2.46. The summed E-state index contributed by atoms with van der Waals surface area (Å²) in [6.45, 7) is 1.95. The van der Waals surface area contributed by atoms with E-state index < -0.39 is 0 Å². The molecule has 0 saturated carbocycles. The third-order valence-corrected chi connectivity index (χ3v) is 3.53. The normalized spacial score (nSPS) is 10.8. The lowest BCUT2D eigenvalue weighted by atomic mass is 10.2. The summed E-state index contributed by atoms with van der Waals surface area (Å²) in [5.41, 5.74) is 2.48. The second-order valence-electron chi connectivity index (χ2n) is 4.34. The van der Waals surface area contributed by atoms with E-state index >= 15 is 0 Å². The highest BCUT2D eigenvalue weighted by Gasteiger charge is 2.08. The molecule has 0 atom stereocenters. The Morgan fingerprint density at radius 2 is 1.95 bits per heavy atom. The average molecular weight is 350 g/mol. The molecule has 2 aromatic heterocycles. The zero-order valence-corrected chi connectivity index (χ0v) is 12.9. The largest absolute Gasteiger partial charge is 0.455 e. The first-order valence-corrected chi connectivity index (χ1v) is 7.15. The molecule has 0 saturated heterocycles. The molecule has 20 heavy (non-hydrogen) atoms. The van der Waals surface area contributed by atoms with Gasteiger partial charge in [0.25, 0.3) is 0 Å². The van der Waals surface area contributed by atoms with Crippen LogP contribution in [0.2, 0.25) is 5.02 Å². The zero-order chi connectivity index (χ0) is 14.1. The van der Waals surface area contributed by atoms with Crippen molar-refractivity contribution in [3.8, 4) is 11.5 Å². The molecule has 3 rings (SSSR count). The molecule has 3 aromatic rings. The molecule has 0 radical (unpaired) electrons. The number of benzene rings is 1. The van der Waals surface area contributed by atoms with Crippen LogP contribution in [0.4, 0.5) is 0 Å². The first-order valence-electron chi connectivity index (χ1n) is 5.98. The van der Waals surface area contributed by atoms with E-state index in [1.807, 2.05) is 25.1 Å². The molecular formula is C15H10BrClN2O. The van der Waals surface area contributed by atoms with Crippen molar-refractivity contribution >= 4 is 38.6 Å². The molecule has 0 spiro atoms. The Kier molecular flexibility index (Phi) is 3.59. The lowest BCUT2D eigenvalue weighted by Crippen LogP contribution is -1.91.